The molecule has 2 aliphatic rings. The Morgan fingerprint density at radius 2 is 1.71 bits per heavy atom. The van der Waals surface area contributed by atoms with Gasteiger partial charge in [0.25, 0.3) is 0 Å². The van der Waals surface area contributed by atoms with Crippen molar-refractivity contribution in [3.8, 4) is 5.75 Å². The molecule has 14 heteroatoms. The number of nitrogens with one attached hydrogen (secondary N) is 1. The van der Waals surface area contributed by atoms with Crippen molar-refractivity contribution in [1.82, 2.24) is 20.2 Å². The number of piperidine rings is 1. The minimum Gasteiger partial charge on any atom is -0.493 e. The molecule has 0 aliphatic carbocycles. The van der Waals surface area contributed by atoms with Gasteiger partial charge in [-0.3, -0.25) is 4.79 Å². The number of aliphatic hydroxyl groups excluding tert-OH is 6. The van der Waals surface area contributed by atoms with Crippen molar-refractivity contribution in [1.29, 1.82) is 0 Å². The van der Waals surface area contributed by atoms with Gasteiger partial charge >= 0.3 is 0 Å². The first-order valence-corrected chi connectivity index (χ1v) is 15.6. The number of aromatic nitrogens is 2. The van der Waals surface area contributed by atoms with Gasteiger partial charge in [0.2, 0.25) is 11.9 Å². The van der Waals surface area contributed by atoms with Crippen LogP contribution < -0.4 is 15.0 Å². The molecule has 0 spiro atoms. The van der Waals surface area contributed by atoms with E-state index in [-0.39, 0.29) is 31.4 Å². The van der Waals surface area contributed by atoms with Gasteiger partial charge in [0, 0.05) is 69.2 Å². The molecule has 0 saturated carbocycles. The minimum atomic E-state index is -1.68. The quantitative estimate of drug-likeness (QED) is 0.107. The van der Waals surface area contributed by atoms with Crippen molar-refractivity contribution in [2.24, 2.45) is 11.8 Å². The first-order valence-electron chi connectivity index (χ1n) is 15.6. The second-order valence-corrected chi connectivity index (χ2v) is 12.0. The van der Waals surface area contributed by atoms with Crippen molar-refractivity contribution in [3.63, 3.8) is 0 Å². The Morgan fingerprint density at radius 3 is 2.36 bits per heavy atom. The molecule has 1 aromatic carbocycles. The summed E-state index contributed by atoms with van der Waals surface area (Å²) in [6.45, 7) is 2.80. The van der Waals surface area contributed by atoms with Crippen LogP contribution in [0, 0.1) is 17.7 Å². The molecule has 1 amide bonds. The van der Waals surface area contributed by atoms with Crippen LogP contribution in [0.25, 0.3) is 0 Å². The van der Waals surface area contributed by atoms with E-state index in [1.54, 1.807) is 29.4 Å². The van der Waals surface area contributed by atoms with Crippen LogP contribution in [-0.2, 0) is 17.8 Å². The van der Waals surface area contributed by atoms with E-state index in [0.717, 1.165) is 38.8 Å². The third kappa shape index (κ3) is 10.0. The second kappa shape index (κ2) is 17.1. The Hall–Kier alpha value is -2.98. The fourth-order valence-electron chi connectivity index (χ4n) is 5.63. The van der Waals surface area contributed by atoms with Crippen LogP contribution >= 0.6 is 0 Å². The Labute approximate surface area is 262 Å². The van der Waals surface area contributed by atoms with Gasteiger partial charge in [-0.2, -0.15) is 0 Å². The van der Waals surface area contributed by atoms with Crippen molar-refractivity contribution in [3.05, 3.63) is 47.5 Å². The van der Waals surface area contributed by atoms with Crippen LogP contribution in [0.2, 0.25) is 0 Å². The maximum atomic E-state index is 14.7. The van der Waals surface area contributed by atoms with Crippen molar-refractivity contribution in [2.45, 2.75) is 63.1 Å². The molecule has 13 nitrogen and oxygen atoms in total. The fourth-order valence-corrected chi connectivity index (χ4v) is 5.63. The van der Waals surface area contributed by atoms with E-state index in [9.17, 15) is 29.6 Å². The summed E-state index contributed by atoms with van der Waals surface area (Å²) in [5.74, 6) is 1.16. The molecule has 250 valence electrons. The summed E-state index contributed by atoms with van der Waals surface area (Å²) in [6, 6.07) is 4.59. The van der Waals surface area contributed by atoms with E-state index < -0.39 is 36.8 Å². The predicted octanol–water partition coefficient (Wildman–Crippen LogP) is -0.790. The summed E-state index contributed by atoms with van der Waals surface area (Å²) < 4.78 is 20.5. The lowest BCUT2D eigenvalue weighted by molar-refractivity contribution is -0.136. The largest absolute Gasteiger partial charge is 0.493 e. The van der Waals surface area contributed by atoms with Crippen LogP contribution in [0.3, 0.4) is 0 Å². The third-order valence-corrected chi connectivity index (χ3v) is 8.59. The first kappa shape index (κ1) is 34.9. The van der Waals surface area contributed by atoms with Crippen molar-refractivity contribution in [2.75, 3.05) is 57.4 Å². The van der Waals surface area contributed by atoms with Crippen LogP contribution in [0.4, 0.5) is 10.3 Å². The number of likely N-dealkylation sites (tertiary alicyclic amines) is 1. The van der Waals surface area contributed by atoms with Gasteiger partial charge in [0.15, 0.2) is 0 Å². The molecular weight excluding hydrogens is 589 g/mol. The lowest BCUT2D eigenvalue weighted by Gasteiger charge is -2.39. The summed E-state index contributed by atoms with van der Waals surface area (Å²) in [6.07, 6.45) is 0.974. The zero-order chi connectivity index (χ0) is 32.3. The van der Waals surface area contributed by atoms with Gasteiger partial charge < -0.3 is 50.5 Å². The number of carbonyl (C=O) groups excluding carboxylic acids is 1. The van der Waals surface area contributed by atoms with Gasteiger partial charge in [-0.1, -0.05) is 6.07 Å². The summed E-state index contributed by atoms with van der Waals surface area (Å²) in [7, 11) is 0. The van der Waals surface area contributed by atoms with Crippen LogP contribution in [0.5, 0.6) is 5.75 Å². The molecule has 0 radical (unpaired) electrons. The Balaban J connectivity index is 1.08. The maximum absolute atomic E-state index is 14.7. The highest BCUT2D eigenvalue weighted by Gasteiger charge is 2.32. The second-order valence-electron chi connectivity index (χ2n) is 12.0. The summed E-state index contributed by atoms with van der Waals surface area (Å²) in [5.41, 5.74) is 0.997. The van der Waals surface area contributed by atoms with Gasteiger partial charge in [-0.15, -0.1) is 0 Å². The van der Waals surface area contributed by atoms with Gasteiger partial charge in [0.05, 0.1) is 32.3 Å². The molecule has 4 rings (SSSR count). The van der Waals surface area contributed by atoms with Crippen LogP contribution in [0.1, 0.15) is 36.8 Å². The maximum Gasteiger partial charge on any atom is 0.227 e. The summed E-state index contributed by atoms with van der Waals surface area (Å²) in [5, 5.41) is 59.8. The number of hydrogen-bond acceptors (Lipinski definition) is 12. The fraction of sp³-hybridized carbons (Fsp3) is 0.645. The van der Waals surface area contributed by atoms with Crippen LogP contribution in [-0.4, -0.2) is 128 Å². The highest BCUT2D eigenvalue weighted by molar-refractivity contribution is 5.79. The zero-order valence-electron chi connectivity index (χ0n) is 25.4. The number of amides is 1. The topological polar surface area (TPSA) is 192 Å². The van der Waals surface area contributed by atoms with Crippen LogP contribution in [0.15, 0.2) is 30.6 Å². The van der Waals surface area contributed by atoms with E-state index in [1.807, 2.05) is 0 Å². The predicted molar refractivity (Wildman–Crippen MR) is 162 cm³/mol. The number of benzene rings is 1. The van der Waals surface area contributed by atoms with Crippen molar-refractivity contribution < 1.29 is 44.6 Å². The van der Waals surface area contributed by atoms with E-state index in [1.165, 1.54) is 6.07 Å². The molecule has 1 unspecified atom stereocenters. The number of carbonyl (C=O) groups is 1. The lowest BCUT2D eigenvalue weighted by atomic mass is 9.92. The minimum absolute atomic E-state index is 0.0434. The van der Waals surface area contributed by atoms with E-state index in [2.05, 4.69) is 20.2 Å². The normalized spacial score (nSPS) is 18.7. The number of aliphatic hydroxyl groups is 6. The Bertz CT molecular complexity index is 1200. The number of anilines is 1. The van der Waals surface area contributed by atoms with E-state index in [0.29, 0.717) is 55.0 Å². The highest BCUT2D eigenvalue weighted by Crippen LogP contribution is 2.25. The molecule has 1 aromatic heterocycles. The Morgan fingerprint density at radius 1 is 1.02 bits per heavy atom. The number of hydrogen-bond donors (Lipinski definition) is 7. The molecule has 2 fully saturated rings. The molecule has 2 aliphatic heterocycles. The summed E-state index contributed by atoms with van der Waals surface area (Å²) >= 11 is 0. The van der Waals surface area contributed by atoms with E-state index in [4.69, 9.17) is 14.9 Å². The monoisotopic (exact) mass is 635 g/mol. The molecule has 2 saturated heterocycles. The number of rotatable bonds is 17. The summed E-state index contributed by atoms with van der Waals surface area (Å²) in [4.78, 5) is 25.1. The van der Waals surface area contributed by atoms with Gasteiger partial charge in [0.1, 0.15) is 29.9 Å². The molecule has 0 bridgehead atoms. The number of nitrogens with zero attached hydrogens (tertiary/aromatic N) is 4. The molecule has 7 N–H and O–H groups in total. The highest BCUT2D eigenvalue weighted by atomic mass is 19.1. The smallest absolute Gasteiger partial charge is 0.227 e. The lowest BCUT2D eigenvalue weighted by Crippen LogP contribution is -2.55. The SMILES string of the molecule is O=C(Cc1ccc(OCCCC2CCN(c3ncc(CO)cn3)CC2)cc1F)N1CC(CNC[C@H](O)[C@@H](O)[C@H](O)C(O)CO)C1. The average Bonchev–Trinajstić information content (AvgIpc) is 3.04. The zero-order valence-corrected chi connectivity index (χ0v) is 25.4. The third-order valence-electron chi connectivity index (χ3n) is 8.59. The first-order chi connectivity index (χ1) is 21.7. The molecule has 3 heterocycles. The molecule has 2 aromatic rings. The van der Waals surface area contributed by atoms with Gasteiger partial charge in [-0.25, -0.2) is 14.4 Å². The van der Waals surface area contributed by atoms with E-state index >= 15 is 0 Å². The molecule has 45 heavy (non-hydrogen) atoms. The number of ether oxygens (including phenoxy) is 1. The number of halogens is 1. The molecule has 4 atom stereocenters. The van der Waals surface area contributed by atoms with Crippen molar-refractivity contribution >= 4 is 11.9 Å². The standard InChI is InChI=1S/C31H46FN5O8/c32-25-11-24(45-9-1-2-20-5-7-36(8-6-20)31-34-13-21(18-38)14-35-31)4-3-23(25)10-28(42)37-16-22(17-37)12-33-15-26(40)29(43)30(44)27(41)19-39/h3-4,11,13-14,20,22,26-27,29-30,33,38-41,43-44H,1-2,5-10,12,15-19H2/t26-,27?,29+,30+/m0/s1. The molecular formula is C31H46FN5O8. The van der Waals surface area contributed by atoms with Gasteiger partial charge in [-0.05, 0) is 43.2 Å². The Kier molecular flexibility index (Phi) is 13.2. The average molecular weight is 636 g/mol.